The zero-order valence-corrected chi connectivity index (χ0v) is 24.7. The lowest BCUT2D eigenvalue weighted by atomic mass is 9.95. The van der Waals surface area contributed by atoms with E-state index >= 15 is 0 Å². The summed E-state index contributed by atoms with van der Waals surface area (Å²) in [6, 6.07) is 20.1. The monoisotopic (exact) mass is 588 g/mol. The molecule has 2 heterocycles. The molecule has 41 heavy (non-hydrogen) atoms. The van der Waals surface area contributed by atoms with Crippen molar-refractivity contribution < 1.29 is 19.0 Å². The summed E-state index contributed by atoms with van der Waals surface area (Å²) in [5.74, 6) is 0.521. The number of halogens is 1. The summed E-state index contributed by atoms with van der Waals surface area (Å²) < 4.78 is 19.2. The second-order valence-electron chi connectivity index (χ2n) is 9.47. The number of allylic oxidation sites excluding steroid dienone is 1. The predicted molar refractivity (Wildman–Crippen MR) is 160 cm³/mol. The van der Waals surface area contributed by atoms with Crippen LogP contribution in [0.1, 0.15) is 42.1 Å². The smallest absolute Gasteiger partial charge is 0.338 e. The van der Waals surface area contributed by atoms with E-state index in [-0.39, 0.29) is 18.8 Å². The molecule has 0 radical (unpaired) electrons. The Bertz CT molecular complexity index is 1820. The lowest BCUT2D eigenvalue weighted by Gasteiger charge is -2.24. The molecule has 0 aliphatic carbocycles. The number of fused-ring (bicyclic) bond motifs is 1. The summed E-state index contributed by atoms with van der Waals surface area (Å²) in [6.45, 7) is 5.95. The maximum Gasteiger partial charge on any atom is 0.338 e. The van der Waals surface area contributed by atoms with Crippen molar-refractivity contribution in [1.82, 2.24) is 4.57 Å². The highest BCUT2D eigenvalue weighted by Crippen LogP contribution is 2.34. The van der Waals surface area contributed by atoms with Crippen molar-refractivity contribution in [2.45, 2.75) is 33.4 Å². The van der Waals surface area contributed by atoms with Crippen molar-refractivity contribution >= 4 is 35.0 Å². The van der Waals surface area contributed by atoms with Crippen LogP contribution in [0.3, 0.4) is 0 Å². The summed E-state index contributed by atoms with van der Waals surface area (Å²) in [5, 5.41) is 0.598. The fraction of sp³-hybridized carbons (Fsp3) is 0.219. The molecule has 0 fully saturated rings. The zero-order valence-electron chi connectivity index (χ0n) is 23.1. The topological polar surface area (TPSA) is 79.1 Å². The van der Waals surface area contributed by atoms with Crippen LogP contribution in [0.25, 0.3) is 6.08 Å². The minimum absolute atomic E-state index is 0.216. The van der Waals surface area contributed by atoms with Crippen LogP contribution in [-0.4, -0.2) is 24.3 Å². The third-order valence-corrected chi connectivity index (χ3v) is 8.11. The summed E-state index contributed by atoms with van der Waals surface area (Å²) in [7, 11) is 1.57. The maximum absolute atomic E-state index is 14.0. The zero-order chi connectivity index (χ0) is 29.1. The number of hydrogen-bond donors (Lipinski definition) is 0. The number of nitrogens with zero attached hydrogens (tertiary/aromatic N) is 2. The molecule has 0 N–H and O–H groups in total. The van der Waals surface area contributed by atoms with Gasteiger partial charge in [-0.2, -0.15) is 0 Å². The van der Waals surface area contributed by atoms with E-state index in [1.165, 1.54) is 11.3 Å². The second-order valence-corrected chi connectivity index (χ2v) is 10.9. The van der Waals surface area contributed by atoms with Crippen LogP contribution in [0.5, 0.6) is 11.5 Å². The number of aromatic nitrogens is 1. The highest BCUT2D eigenvalue weighted by Gasteiger charge is 2.33. The highest BCUT2D eigenvalue weighted by atomic mass is 35.5. The number of para-hydroxylation sites is 1. The number of ether oxygens (including phenoxy) is 3. The average molecular weight is 589 g/mol. The van der Waals surface area contributed by atoms with Gasteiger partial charge in [0.25, 0.3) is 5.56 Å². The number of carbonyl (C=O) groups excluding carboxylic acids is 1. The Morgan fingerprint density at radius 1 is 1.07 bits per heavy atom. The lowest BCUT2D eigenvalue weighted by molar-refractivity contribution is -0.139. The molecule has 210 valence electrons. The van der Waals surface area contributed by atoms with Crippen LogP contribution in [0, 0.1) is 6.92 Å². The van der Waals surface area contributed by atoms with Crippen LogP contribution in [0.2, 0.25) is 5.02 Å². The maximum atomic E-state index is 14.0. The Kier molecular flexibility index (Phi) is 8.42. The van der Waals surface area contributed by atoms with Gasteiger partial charge in [-0.15, -0.1) is 0 Å². The molecule has 1 aliphatic rings. The van der Waals surface area contributed by atoms with E-state index in [0.29, 0.717) is 42.7 Å². The highest BCUT2D eigenvalue weighted by molar-refractivity contribution is 7.07. The second kappa shape index (κ2) is 12.2. The van der Waals surface area contributed by atoms with Gasteiger partial charge in [-0.25, -0.2) is 9.79 Å². The van der Waals surface area contributed by atoms with Gasteiger partial charge in [-0.1, -0.05) is 83.1 Å². The van der Waals surface area contributed by atoms with Crippen molar-refractivity contribution in [1.29, 1.82) is 0 Å². The van der Waals surface area contributed by atoms with E-state index in [4.69, 9.17) is 25.8 Å². The molecule has 0 saturated heterocycles. The molecule has 0 unspecified atom stereocenters. The molecule has 1 aliphatic heterocycles. The van der Waals surface area contributed by atoms with E-state index in [0.717, 1.165) is 16.7 Å². The first kappa shape index (κ1) is 28.4. The van der Waals surface area contributed by atoms with Crippen molar-refractivity contribution in [3.05, 3.63) is 125 Å². The van der Waals surface area contributed by atoms with E-state index in [9.17, 15) is 9.59 Å². The molecule has 1 aromatic heterocycles. The third-order valence-electron chi connectivity index (χ3n) is 6.76. The number of thiazole rings is 1. The number of rotatable bonds is 8. The predicted octanol–water partition coefficient (Wildman–Crippen LogP) is 5.35. The Morgan fingerprint density at radius 3 is 2.54 bits per heavy atom. The number of carbonyl (C=O) groups is 1. The Hall–Kier alpha value is -4.14. The normalized spacial score (nSPS) is 14.9. The van der Waals surface area contributed by atoms with E-state index < -0.39 is 12.0 Å². The quantitative estimate of drug-likeness (QED) is 0.259. The molecule has 0 spiro atoms. The fourth-order valence-electron chi connectivity index (χ4n) is 4.72. The summed E-state index contributed by atoms with van der Waals surface area (Å²) in [5.41, 5.74) is 3.95. The van der Waals surface area contributed by atoms with Gasteiger partial charge in [-0.3, -0.25) is 9.36 Å². The minimum atomic E-state index is -0.672. The first-order valence-corrected chi connectivity index (χ1v) is 14.3. The molecule has 1 atom stereocenters. The first-order chi connectivity index (χ1) is 19.8. The van der Waals surface area contributed by atoms with E-state index in [2.05, 4.69) is 4.99 Å². The Balaban J connectivity index is 1.64. The largest absolute Gasteiger partial charge is 0.493 e. The molecule has 7 nitrogen and oxygen atoms in total. The standard InChI is InChI=1S/C32H29ClN2O5S/c1-5-39-31(37)27-20(3)34-32-35(28(27)21-15-13-19(2)14-16-21)30(36)26(41-32)17-22-10-8-12-25(38-4)29(22)40-18-23-9-6-7-11-24(23)33/h6-17,28H,5,18H2,1-4H3/b26-17-/t28-/m1/s1. The van der Waals surface area contributed by atoms with Crippen molar-refractivity contribution in [2.75, 3.05) is 13.7 Å². The molecular weight excluding hydrogens is 560 g/mol. The SMILES string of the molecule is CCOC(=O)C1=C(C)N=c2s/c(=C\c3cccc(OC)c3OCc3ccccc3Cl)c(=O)n2[C@@H]1c1ccc(C)cc1. The number of benzene rings is 3. The van der Waals surface area contributed by atoms with Crippen LogP contribution in [0.15, 0.2) is 87.8 Å². The number of hydrogen-bond acceptors (Lipinski definition) is 7. The van der Waals surface area contributed by atoms with Crippen LogP contribution in [0.4, 0.5) is 0 Å². The fourth-order valence-corrected chi connectivity index (χ4v) is 5.95. The third kappa shape index (κ3) is 5.71. The number of esters is 1. The van der Waals surface area contributed by atoms with Crippen molar-refractivity contribution in [2.24, 2.45) is 4.99 Å². The van der Waals surface area contributed by atoms with Gasteiger partial charge in [-0.05, 0) is 44.5 Å². The van der Waals surface area contributed by atoms with Crippen LogP contribution in [-0.2, 0) is 16.1 Å². The molecule has 5 rings (SSSR count). The van der Waals surface area contributed by atoms with Gasteiger partial charge in [0, 0.05) is 16.1 Å². The van der Waals surface area contributed by atoms with Gasteiger partial charge >= 0.3 is 5.97 Å². The number of aryl methyl sites for hydroxylation is 1. The Morgan fingerprint density at radius 2 is 1.83 bits per heavy atom. The molecule has 4 aromatic rings. The first-order valence-electron chi connectivity index (χ1n) is 13.1. The van der Waals surface area contributed by atoms with Crippen LogP contribution < -0.4 is 24.4 Å². The molecule has 9 heteroatoms. The number of methoxy groups -OCH3 is 1. The molecular formula is C32H29ClN2O5S. The summed E-state index contributed by atoms with van der Waals surface area (Å²) in [6.07, 6.45) is 1.77. The van der Waals surface area contributed by atoms with Gasteiger partial charge in [0.15, 0.2) is 16.3 Å². The molecule has 0 bridgehead atoms. The summed E-state index contributed by atoms with van der Waals surface area (Å²) >= 11 is 7.59. The molecule has 0 amide bonds. The van der Waals surface area contributed by atoms with Gasteiger partial charge < -0.3 is 14.2 Å². The van der Waals surface area contributed by atoms with E-state index in [1.54, 1.807) is 43.7 Å². The Labute approximate surface area is 246 Å². The lowest BCUT2D eigenvalue weighted by Crippen LogP contribution is -2.39. The average Bonchev–Trinajstić information content (AvgIpc) is 3.26. The van der Waals surface area contributed by atoms with E-state index in [1.807, 2.05) is 61.5 Å². The van der Waals surface area contributed by atoms with Gasteiger partial charge in [0.2, 0.25) is 0 Å². The van der Waals surface area contributed by atoms with Crippen LogP contribution >= 0.6 is 22.9 Å². The van der Waals surface area contributed by atoms with Gasteiger partial charge in [0.1, 0.15) is 6.61 Å². The summed E-state index contributed by atoms with van der Waals surface area (Å²) in [4.78, 5) is 32.3. The van der Waals surface area contributed by atoms with Crippen molar-refractivity contribution in [3.8, 4) is 11.5 Å². The minimum Gasteiger partial charge on any atom is -0.493 e. The molecule has 0 saturated carbocycles. The van der Waals surface area contributed by atoms with Gasteiger partial charge in [0.05, 0.1) is 35.6 Å². The molecule has 3 aromatic carbocycles. The van der Waals surface area contributed by atoms with Crippen molar-refractivity contribution in [3.63, 3.8) is 0 Å².